The van der Waals surface area contributed by atoms with E-state index in [1.54, 1.807) is 5.06 Å². The summed E-state index contributed by atoms with van der Waals surface area (Å²) in [6, 6.07) is 9.95. The average molecular weight is 209 g/mol. The molecule has 0 spiro atoms. The summed E-state index contributed by atoms with van der Waals surface area (Å²) in [5, 5.41) is 1.74. The lowest BCUT2D eigenvalue weighted by Crippen LogP contribution is -2.36. The minimum Gasteiger partial charge on any atom is -0.294 e. The van der Waals surface area contributed by atoms with Crippen molar-refractivity contribution in [2.75, 3.05) is 13.1 Å². The Kier molecular flexibility index (Phi) is 3.69. The van der Waals surface area contributed by atoms with Crippen LogP contribution in [0.25, 0.3) is 0 Å². The first-order chi connectivity index (χ1) is 7.34. The van der Waals surface area contributed by atoms with Crippen molar-refractivity contribution < 1.29 is 9.23 Å². The smallest absolute Gasteiger partial charge is 0.115 e. The van der Waals surface area contributed by atoms with Gasteiger partial charge in [-0.25, -0.2) is 4.39 Å². The zero-order valence-electron chi connectivity index (χ0n) is 8.73. The van der Waals surface area contributed by atoms with E-state index in [1.807, 2.05) is 30.3 Å². The van der Waals surface area contributed by atoms with Crippen molar-refractivity contribution in [1.29, 1.82) is 0 Å². The Hall–Kier alpha value is -0.930. The maximum absolute atomic E-state index is 13.0. The number of alkyl halides is 1. The lowest BCUT2D eigenvalue weighted by Gasteiger charge is -2.27. The van der Waals surface area contributed by atoms with Crippen LogP contribution in [-0.2, 0) is 11.4 Å². The van der Waals surface area contributed by atoms with E-state index in [9.17, 15) is 4.39 Å². The molecule has 0 radical (unpaired) electrons. The highest BCUT2D eigenvalue weighted by Gasteiger charge is 2.19. The highest BCUT2D eigenvalue weighted by Crippen LogP contribution is 2.14. The van der Waals surface area contributed by atoms with Crippen LogP contribution in [0.2, 0.25) is 0 Å². The van der Waals surface area contributed by atoms with Crippen molar-refractivity contribution >= 4 is 0 Å². The number of halogens is 1. The molecule has 82 valence electrons. The molecule has 1 aromatic rings. The van der Waals surface area contributed by atoms with Crippen LogP contribution < -0.4 is 0 Å². The molecule has 0 bridgehead atoms. The fourth-order valence-corrected chi connectivity index (χ4v) is 1.75. The summed E-state index contributed by atoms with van der Waals surface area (Å²) in [6.07, 6.45) is 0.829. The molecule has 2 rings (SSSR count). The van der Waals surface area contributed by atoms with Crippen molar-refractivity contribution in [3.63, 3.8) is 0 Å². The van der Waals surface area contributed by atoms with Gasteiger partial charge in [0.2, 0.25) is 0 Å². The Bertz CT molecular complexity index is 291. The molecule has 1 atom stereocenters. The number of piperidine rings is 1. The van der Waals surface area contributed by atoms with Gasteiger partial charge in [0.1, 0.15) is 6.17 Å². The van der Waals surface area contributed by atoms with Gasteiger partial charge in [0.15, 0.2) is 0 Å². The van der Waals surface area contributed by atoms with Crippen LogP contribution in [0, 0.1) is 0 Å². The Balaban J connectivity index is 1.78. The molecule has 0 aromatic heterocycles. The molecule has 1 aliphatic rings. The zero-order chi connectivity index (χ0) is 10.5. The third kappa shape index (κ3) is 3.29. The van der Waals surface area contributed by atoms with Crippen LogP contribution >= 0.6 is 0 Å². The first kappa shape index (κ1) is 10.6. The third-order valence-electron chi connectivity index (χ3n) is 2.58. The van der Waals surface area contributed by atoms with E-state index in [2.05, 4.69) is 0 Å². The SMILES string of the molecule is FC1CCCN(OCc2ccccc2)C1. The summed E-state index contributed by atoms with van der Waals surface area (Å²) in [6.45, 7) is 1.79. The van der Waals surface area contributed by atoms with Crippen LogP contribution in [0.5, 0.6) is 0 Å². The second-order valence-electron chi connectivity index (χ2n) is 3.89. The summed E-state index contributed by atoms with van der Waals surface area (Å²) < 4.78 is 13.0. The van der Waals surface area contributed by atoms with Gasteiger partial charge < -0.3 is 0 Å². The Labute approximate surface area is 89.6 Å². The van der Waals surface area contributed by atoms with E-state index in [0.29, 0.717) is 19.6 Å². The molecule has 0 N–H and O–H groups in total. The van der Waals surface area contributed by atoms with Crippen molar-refractivity contribution in [3.05, 3.63) is 35.9 Å². The monoisotopic (exact) mass is 209 g/mol. The molecule has 0 amide bonds. The van der Waals surface area contributed by atoms with E-state index in [-0.39, 0.29) is 0 Å². The van der Waals surface area contributed by atoms with Crippen molar-refractivity contribution in [2.45, 2.75) is 25.6 Å². The Morgan fingerprint density at radius 2 is 2.13 bits per heavy atom. The minimum absolute atomic E-state index is 0.410. The summed E-state index contributed by atoms with van der Waals surface area (Å²) in [7, 11) is 0. The van der Waals surface area contributed by atoms with Gasteiger partial charge in [0.25, 0.3) is 0 Å². The molecular formula is C12H16FNO. The standard InChI is InChI=1S/C12H16FNO/c13-12-7-4-8-14(9-12)15-10-11-5-2-1-3-6-11/h1-3,5-6,12H,4,7-10H2. The Morgan fingerprint density at radius 1 is 1.33 bits per heavy atom. The number of nitrogens with zero attached hydrogens (tertiary/aromatic N) is 1. The van der Waals surface area contributed by atoms with Gasteiger partial charge in [-0.1, -0.05) is 30.3 Å². The van der Waals surface area contributed by atoms with E-state index in [4.69, 9.17) is 4.84 Å². The molecule has 3 heteroatoms. The van der Waals surface area contributed by atoms with Gasteiger partial charge in [-0.2, -0.15) is 5.06 Å². The summed E-state index contributed by atoms with van der Waals surface area (Å²) in [5.41, 5.74) is 1.12. The Morgan fingerprint density at radius 3 is 2.87 bits per heavy atom. The quantitative estimate of drug-likeness (QED) is 0.758. The van der Waals surface area contributed by atoms with Gasteiger partial charge in [-0.15, -0.1) is 0 Å². The van der Waals surface area contributed by atoms with E-state index in [0.717, 1.165) is 18.5 Å². The molecule has 1 unspecified atom stereocenters. The largest absolute Gasteiger partial charge is 0.294 e. The maximum atomic E-state index is 13.0. The highest BCUT2D eigenvalue weighted by atomic mass is 19.1. The molecule has 15 heavy (non-hydrogen) atoms. The molecule has 0 saturated carbocycles. The lowest BCUT2D eigenvalue weighted by atomic mass is 10.1. The van der Waals surface area contributed by atoms with Crippen molar-refractivity contribution in [2.24, 2.45) is 0 Å². The highest BCUT2D eigenvalue weighted by molar-refractivity contribution is 5.13. The van der Waals surface area contributed by atoms with Crippen molar-refractivity contribution in [1.82, 2.24) is 5.06 Å². The number of benzene rings is 1. The molecule has 1 heterocycles. The molecule has 1 aliphatic heterocycles. The topological polar surface area (TPSA) is 12.5 Å². The maximum Gasteiger partial charge on any atom is 0.115 e. The zero-order valence-corrected chi connectivity index (χ0v) is 8.73. The molecular weight excluding hydrogens is 193 g/mol. The molecule has 0 aliphatic carbocycles. The summed E-state index contributed by atoms with van der Waals surface area (Å²) in [5.74, 6) is 0. The number of rotatable bonds is 3. The molecule has 1 fully saturated rings. The van der Waals surface area contributed by atoms with Crippen LogP contribution in [0.1, 0.15) is 18.4 Å². The second kappa shape index (κ2) is 5.24. The van der Waals surface area contributed by atoms with E-state index in [1.165, 1.54) is 0 Å². The summed E-state index contributed by atoms with van der Waals surface area (Å²) >= 11 is 0. The molecule has 1 aromatic carbocycles. The lowest BCUT2D eigenvalue weighted by molar-refractivity contribution is -0.189. The number of hydroxylamine groups is 2. The minimum atomic E-state index is -0.727. The second-order valence-corrected chi connectivity index (χ2v) is 3.89. The predicted octanol–water partition coefficient (Wildman–Crippen LogP) is 2.55. The predicted molar refractivity (Wildman–Crippen MR) is 56.9 cm³/mol. The first-order valence-corrected chi connectivity index (χ1v) is 5.40. The molecule has 2 nitrogen and oxygen atoms in total. The van der Waals surface area contributed by atoms with Gasteiger partial charge in [0.05, 0.1) is 13.2 Å². The van der Waals surface area contributed by atoms with E-state index < -0.39 is 6.17 Å². The third-order valence-corrected chi connectivity index (χ3v) is 2.58. The van der Waals surface area contributed by atoms with Gasteiger partial charge in [0, 0.05) is 6.54 Å². The van der Waals surface area contributed by atoms with Gasteiger partial charge in [-0.3, -0.25) is 4.84 Å². The first-order valence-electron chi connectivity index (χ1n) is 5.40. The van der Waals surface area contributed by atoms with Crippen LogP contribution in [0.3, 0.4) is 0 Å². The molecule has 1 saturated heterocycles. The number of hydrogen-bond acceptors (Lipinski definition) is 2. The fourth-order valence-electron chi connectivity index (χ4n) is 1.75. The van der Waals surface area contributed by atoms with Crippen LogP contribution in [0.4, 0.5) is 4.39 Å². The fraction of sp³-hybridized carbons (Fsp3) is 0.500. The van der Waals surface area contributed by atoms with Crippen LogP contribution in [-0.4, -0.2) is 24.3 Å². The number of hydrogen-bond donors (Lipinski definition) is 0. The van der Waals surface area contributed by atoms with Crippen molar-refractivity contribution in [3.8, 4) is 0 Å². The van der Waals surface area contributed by atoms with Crippen LogP contribution in [0.15, 0.2) is 30.3 Å². The normalized spacial score (nSPS) is 22.9. The van der Waals surface area contributed by atoms with Gasteiger partial charge in [-0.05, 0) is 18.4 Å². The average Bonchev–Trinajstić information content (AvgIpc) is 2.28. The van der Waals surface area contributed by atoms with Gasteiger partial charge >= 0.3 is 0 Å². The van der Waals surface area contributed by atoms with E-state index >= 15 is 0 Å². The summed E-state index contributed by atoms with van der Waals surface area (Å²) in [4.78, 5) is 5.53.